The Labute approximate surface area is 139 Å². The summed E-state index contributed by atoms with van der Waals surface area (Å²) in [7, 11) is -1.82. The molecule has 0 fully saturated rings. The van der Waals surface area contributed by atoms with Crippen LogP contribution in [0, 0.1) is 11.8 Å². The summed E-state index contributed by atoms with van der Waals surface area (Å²) < 4.78 is 8.67. The third kappa shape index (κ3) is 3.59. The molecule has 4 heteroatoms. The van der Waals surface area contributed by atoms with Gasteiger partial charge in [-0.15, -0.1) is 11.3 Å². The number of hydrogen-bond acceptors (Lipinski definition) is 2. The van der Waals surface area contributed by atoms with Crippen LogP contribution in [0.5, 0.6) is 5.75 Å². The molecule has 0 saturated heterocycles. The van der Waals surface area contributed by atoms with Crippen molar-refractivity contribution in [2.24, 2.45) is 0 Å². The summed E-state index contributed by atoms with van der Waals surface area (Å²) in [6.45, 7) is 13.6. The van der Waals surface area contributed by atoms with Crippen molar-refractivity contribution in [3.63, 3.8) is 0 Å². The van der Waals surface area contributed by atoms with Crippen molar-refractivity contribution in [2.75, 3.05) is 0 Å². The van der Waals surface area contributed by atoms with E-state index in [2.05, 4.69) is 74.7 Å². The Morgan fingerprint density at radius 1 is 1.32 bits per heavy atom. The molecule has 2 rings (SSSR count). The highest BCUT2D eigenvalue weighted by atomic mass is 32.1. The molecule has 0 saturated carbocycles. The highest BCUT2D eigenvalue weighted by Gasteiger charge is 2.39. The summed E-state index contributed by atoms with van der Waals surface area (Å²) >= 11 is 1.72. The van der Waals surface area contributed by atoms with Gasteiger partial charge >= 0.3 is 0 Å². The highest BCUT2D eigenvalue weighted by molar-refractivity contribution is 7.16. The van der Waals surface area contributed by atoms with Gasteiger partial charge in [0.25, 0.3) is 8.32 Å². The van der Waals surface area contributed by atoms with Crippen molar-refractivity contribution in [2.45, 2.75) is 65.1 Å². The van der Waals surface area contributed by atoms with Gasteiger partial charge in [0.05, 0.1) is 0 Å². The number of unbranched alkanes of at least 4 members (excludes halogenated alkanes) is 2. The largest absolute Gasteiger partial charge is 0.541 e. The van der Waals surface area contributed by atoms with Crippen molar-refractivity contribution in [1.29, 1.82) is 0 Å². The topological polar surface area (TPSA) is 13.6 Å². The molecular weight excluding hydrogens is 306 g/mol. The fourth-order valence-electron chi connectivity index (χ4n) is 1.92. The first-order valence-corrected chi connectivity index (χ1v) is 11.8. The molecule has 0 spiro atoms. The minimum absolute atomic E-state index is 0.200. The molecule has 0 atom stereocenters. The molecule has 2 nitrogen and oxygen atoms in total. The van der Waals surface area contributed by atoms with E-state index in [0.717, 1.165) is 17.9 Å². The molecule has 0 N–H and O–H groups in total. The van der Waals surface area contributed by atoms with Gasteiger partial charge in [0.2, 0.25) is 0 Å². The molecule has 0 radical (unpaired) electrons. The van der Waals surface area contributed by atoms with Gasteiger partial charge in [-0.1, -0.05) is 40.0 Å². The van der Waals surface area contributed by atoms with Crippen molar-refractivity contribution in [1.82, 2.24) is 4.40 Å². The van der Waals surface area contributed by atoms with Gasteiger partial charge in [-0.2, -0.15) is 0 Å². The molecule has 0 unspecified atom stereocenters. The van der Waals surface area contributed by atoms with Crippen molar-refractivity contribution >= 4 is 24.5 Å². The van der Waals surface area contributed by atoms with Crippen LogP contribution in [0.3, 0.4) is 0 Å². The zero-order chi connectivity index (χ0) is 16.4. The van der Waals surface area contributed by atoms with Crippen molar-refractivity contribution in [3.8, 4) is 17.6 Å². The molecule has 0 aromatic carbocycles. The molecule has 120 valence electrons. The zero-order valence-electron chi connectivity index (χ0n) is 14.6. The van der Waals surface area contributed by atoms with Gasteiger partial charge in [0.1, 0.15) is 16.3 Å². The quantitative estimate of drug-likeness (QED) is 0.384. The summed E-state index contributed by atoms with van der Waals surface area (Å²) in [5, 5.41) is 2.30. The maximum Gasteiger partial charge on any atom is 0.250 e. The minimum Gasteiger partial charge on any atom is -0.541 e. The summed E-state index contributed by atoms with van der Waals surface area (Å²) in [5.74, 6) is 7.59. The first-order valence-electron chi connectivity index (χ1n) is 8.02. The minimum atomic E-state index is -1.82. The van der Waals surface area contributed by atoms with E-state index in [1.807, 2.05) is 0 Å². The second kappa shape index (κ2) is 6.52. The lowest BCUT2D eigenvalue weighted by Crippen LogP contribution is -2.43. The lowest BCUT2D eigenvalue weighted by Gasteiger charge is -2.36. The summed E-state index contributed by atoms with van der Waals surface area (Å²) in [6, 6.07) is 2.12. The van der Waals surface area contributed by atoms with Gasteiger partial charge in [-0.25, -0.2) is 0 Å². The summed E-state index contributed by atoms with van der Waals surface area (Å²) in [6.07, 6.45) is 5.41. The number of rotatable bonds is 4. The maximum atomic E-state index is 6.51. The van der Waals surface area contributed by atoms with Crippen LogP contribution in [0.15, 0.2) is 17.6 Å². The van der Waals surface area contributed by atoms with Crippen LogP contribution in [0.25, 0.3) is 4.83 Å². The van der Waals surface area contributed by atoms with Crippen molar-refractivity contribution < 1.29 is 4.43 Å². The molecule has 0 aliphatic carbocycles. The number of fused-ring (bicyclic) bond motifs is 1. The van der Waals surface area contributed by atoms with Gasteiger partial charge in [0, 0.05) is 24.1 Å². The molecule has 2 heterocycles. The molecule has 0 aliphatic rings. The summed E-state index contributed by atoms with van der Waals surface area (Å²) in [5.41, 5.74) is 1.04. The Balaban J connectivity index is 2.32. The van der Waals surface area contributed by atoms with E-state index in [9.17, 15) is 0 Å². The Morgan fingerprint density at radius 2 is 2.05 bits per heavy atom. The number of hydrogen-bond donors (Lipinski definition) is 0. The normalized spacial score (nSPS) is 12.3. The maximum absolute atomic E-state index is 6.51. The Morgan fingerprint density at radius 3 is 2.68 bits per heavy atom. The van der Waals surface area contributed by atoms with Crippen LogP contribution in [-0.2, 0) is 0 Å². The smallest absolute Gasteiger partial charge is 0.250 e. The molecule has 0 amide bonds. The van der Waals surface area contributed by atoms with E-state index in [1.54, 1.807) is 11.3 Å². The average molecular weight is 334 g/mol. The van der Waals surface area contributed by atoms with E-state index >= 15 is 0 Å². The molecule has 2 aromatic rings. The first-order chi connectivity index (χ1) is 10.3. The zero-order valence-corrected chi connectivity index (χ0v) is 16.4. The third-order valence-electron chi connectivity index (χ3n) is 4.39. The van der Waals surface area contributed by atoms with Crippen LogP contribution >= 0.6 is 11.3 Å². The van der Waals surface area contributed by atoms with Gasteiger partial charge < -0.3 is 4.43 Å². The molecule has 0 aliphatic heterocycles. The second-order valence-electron chi connectivity index (χ2n) is 7.24. The van der Waals surface area contributed by atoms with E-state index in [1.165, 1.54) is 17.7 Å². The van der Waals surface area contributed by atoms with E-state index in [0.29, 0.717) is 0 Å². The average Bonchev–Trinajstić information content (AvgIpc) is 2.98. The molecule has 0 bridgehead atoms. The standard InChI is InChI=1S/C18H27NOSSi/c1-7-8-9-10-11-15-14-16(17-19(15)12-13-21-17)20-22(5,6)18(2,3)4/h12-14H,7-9H2,1-6H3. The second-order valence-corrected chi connectivity index (χ2v) is 12.9. The van der Waals surface area contributed by atoms with Crippen LogP contribution in [-0.4, -0.2) is 12.7 Å². The first kappa shape index (κ1) is 17.2. The predicted octanol–water partition coefficient (Wildman–Crippen LogP) is 5.93. The van der Waals surface area contributed by atoms with Crippen LogP contribution in [0.2, 0.25) is 18.1 Å². The van der Waals surface area contributed by atoms with Crippen molar-refractivity contribution in [3.05, 3.63) is 23.3 Å². The van der Waals surface area contributed by atoms with E-state index in [4.69, 9.17) is 4.43 Å². The SMILES string of the molecule is CCCCC#Cc1cc(O[Si](C)(C)C(C)(C)C)c2sccn12. The van der Waals surface area contributed by atoms with E-state index in [-0.39, 0.29) is 5.04 Å². The lowest BCUT2D eigenvalue weighted by atomic mass is 10.2. The van der Waals surface area contributed by atoms with Gasteiger partial charge in [-0.3, -0.25) is 4.40 Å². The van der Waals surface area contributed by atoms with Crippen LogP contribution < -0.4 is 4.43 Å². The lowest BCUT2D eigenvalue weighted by molar-refractivity contribution is 0.497. The fraction of sp³-hybridized carbons (Fsp3) is 0.556. The number of thiazole rings is 1. The highest BCUT2D eigenvalue weighted by Crippen LogP contribution is 2.40. The monoisotopic (exact) mass is 333 g/mol. The molecular formula is C18H27NOSSi. The van der Waals surface area contributed by atoms with Gasteiger partial charge in [-0.05, 0) is 30.5 Å². The third-order valence-corrected chi connectivity index (χ3v) is 9.61. The van der Waals surface area contributed by atoms with E-state index < -0.39 is 8.32 Å². The summed E-state index contributed by atoms with van der Waals surface area (Å²) in [4.78, 5) is 1.17. The van der Waals surface area contributed by atoms with Crippen LogP contribution in [0.1, 0.15) is 52.7 Å². The Kier molecular flexibility index (Phi) is 5.09. The Bertz CT molecular complexity index is 694. The van der Waals surface area contributed by atoms with Crippen LogP contribution in [0.4, 0.5) is 0 Å². The Hall–Kier alpha value is -1.18. The predicted molar refractivity (Wildman–Crippen MR) is 99.5 cm³/mol. The molecule has 2 aromatic heterocycles. The molecule has 22 heavy (non-hydrogen) atoms. The fourth-order valence-corrected chi connectivity index (χ4v) is 3.80. The van der Waals surface area contributed by atoms with Gasteiger partial charge in [0.15, 0.2) is 0 Å². The number of aromatic nitrogens is 1. The number of nitrogens with zero attached hydrogens (tertiary/aromatic N) is 1.